The van der Waals surface area contributed by atoms with Gasteiger partial charge in [-0.15, -0.1) is 0 Å². The van der Waals surface area contributed by atoms with Crippen LogP contribution < -0.4 is 5.32 Å². The van der Waals surface area contributed by atoms with Gasteiger partial charge in [-0.1, -0.05) is 30.3 Å². The molecule has 0 saturated heterocycles. The van der Waals surface area contributed by atoms with Gasteiger partial charge in [-0.2, -0.15) is 10.2 Å². The fourth-order valence-electron chi connectivity index (χ4n) is 3.38. The Morgan fingerprint density at radius 3 is 2.57 bits per heavy atom. The minimum absolute atomic E-state index is 0.0896. The van der Waals surface area contributed by atoms with Crippen LogP contribution in [0.25, 0.3) is 22.2 Å². The molecule has 0 atom stereocenters. The van der Waals surface area contributed by atoms with Crippen molar-refractivity contribution < 1.29 is 4.79 Å². The minimum atomic E-state index is -0.157. The van der Waals surface area contributed by atoms with Crippen LogP contribution in [0.3, 0.4) is 0 Å². The molecule has 1 N–H and O–H groups in total. The second-order valence-electron chi connectivity index (χ2n) is 6.70. The zero-order chi connectivity index (χ0) is 19.7. The zero-order valence-corrected chi connectivity index (χ0v) is 16.2. The van der Waals surface area contributed by atoms with E-state index in [1.54, 1.807) is 15.6 Å². The standard InChI is InChI=1S/C21H22N6O/c1-4-26-12-18(14(2)24-26)23-19(28)13-27-21-20(15(3)25-27)17(10-11-22-21)16-8-6-5-7-9-16/h5-12H,4,13H2,1-3H3,(H,23,28). The molecule has 0 fully saturated rings. The van der Waals surface area contributed by atoms with Crippen molar-refractivity contribution in [1.82, 2.24) is 24.5 Å². The summed E-state index contributed by atoms with van der Waals surface area (Å²) in [6.07, 6.45) is 3.60. The van der Waals surface area contributed by atoms with E-state index < -0.39 is 0 Å². The molecule has 3 aromatic heterocycles. The van der Waals surface area contributed by atoms with Crippen LogP contribution in [0.4, 0.5) is 5.69 Å². The van der Waals surface area contributed by atoms with Gasteiger partial charge in [0, 0.05) is 24.3 Å². The van der Waals surface area contributed by atoms with Gasteiger partial charge in [0.25, 0.3) is 0 Å². The SMILES string of the molecule is CCn1cc(NC(=O)Cn2nc(C)c3c(-c4ccccc4)ccnc32)c(C)n1. The first-order chi connectivity index (χ1) is 13.6. The Morgan fingerprint density at radius 1 is 1.07 bits per heavy atom. The average molecular weight is 374 g/mol. The normalized spacial score (nSPS) is 11.1. The van der Waals surface area contributed by atoms with Gasteiger partial charge >= 0.3 is 0 Å². The fourth-order valence-corrected chi connectivity index (χ4v) is 3.38. The smallest absolute Gasteiger partial charge is 0.246 e. The van der Waals surface area contributed by atoms with Crippen LogP contribution in [0.5, 0.6) is 0 Å². The Morgan fingerprint density at radius 2 is 1.86 bits per heavy atom. The molecule has 0 bridgehead atoms. The van der Waals surface area contributed by atoms with Crippen LogP contribution in [-0.2, 0) is 17.9 Å². The number of hydrogen-bond acceptors (Lipinski definition) is 4. The molecule has 0 unspecified atom stereocenters. The largest absolute Gasteiger partial charge is 0.322 e. The molecule has 0 spiro atoms. The van der Waals surface area contributed by atoms with E-state index in [2.05, 4.69) is 32.6 Å². The van der Waals surface area contributed by atoms with Gasteiger partial charge in [0.1, 0.15) is 6.54 Å². The summed E-state index contributed by atoms with van der Waals surface area (Å²) in [5.41, 5.74) is 5.23. The molecular formula is C21H22N6O. The average Bonchev–Trinajstić information content (AvgIpc) is 3.22. The van der Waals surface area contributed by atoms with E-state index in [1.165, 1.54) is 0 Å². The van der Waals surface area contributed by atoms with Gasteiger partial charge in [-0.3, -0.25) is 9.48 Å². The highest BCUT2D eigenvalue weighted by Crippen LogP contribution is 2.29. The van der Waals surface area contributed by atoms with Crippen LogP contribution in [-0.4, -0.2) is 30.5 Å². The summed E-state index contributed by atoms with van der Waals surface area (Å²) in [7, 11) is 0. The lowest BCUT2D eigenvalue weighted by Crippen LogP contribution is -2.20. The fraction of sp³-hybridized carbons (Fsp3) is 0.238. The molecule has 0 saturated carbocycles. The molecule has 0 aliphatic carbocycles. The van der Waals surface area contributed by atoms with Crippen molar-refractivity contribution in [3.05, 3.63) is 60.2 Å². The number of hydrogen-bond donors (Lipinski definition) is 1. The summed E-state index contributed by atoms with van der Waals surface area (Å²) in [6, 6.07) is 12.1. The summed E-state index contributed by atoms with van der Waals surface area (Å²) in [6.45, 7) is 6.67. The topological polar surface area (TPSA) is 77.6 Å². The quantitative estimate of drug-likeness (QED) is 0.579. The monoisotopic (exact) mass is 374 g/mol. The van der Waals surface area contributed by atoms with Crippen LogP contribution in [0.15, 0.2) is 48.8 Å². The Labute approximate surface area is 163 Å². The molecule has 28 heavy (non-hydrogen) atoms. The van der Waals surface area contributed by atoms with E-state index in [1.807, 2.05) is 51.2 Å². The van der Waals surface area contributed by atoms with Crippen molar-refractivity contribution >= 4 is 22.6 Å². The minimum Gasteiger partial charge on any atom is -0.322 e. The van der Waals surface area contributed by atoms with E-state index in [0.717, 1.165) is 40.1 Å². The maximum Gasteiger partial charge on any atom is 0.246 e. The summed E-state index contributed by atoms with van der Waals surface area (Å²) < 4.78 is 3.46. The second kappa shape index (κ2) is 7.26. The maximum atomic E-state index is 12.6. The highest BCUT2D eigenvalue weighted by atomic mass is 16.2. The van der Waals surface area contributed by atoms with Crippen LogP contribution in [0.1, 0.15) is 18.3 Å². The number of rotatable bonds is 5. The lowest BCUT2D eigenvalue weighted by Gasteiger charge is -2.06. The van der Waals surface area contributed by atoms with Gasteiger partial charge in [-0.25, -0.2) is 9.67 Å². The molecule has 0 radical (unpaired) electrons. The van der Waals surface area contributed by atoms with E-state index in [0.29, 0.717) is 5.65 Å². The van der Waals surface area contributed by atoms with Crippen molar-refractivity contribution in [1.29, 1.82) is 0 Å². The van der Waals surface area contributed by atoms with Gasteiger partial charge < -0.3 is 5.32 Å². The molecule has 3 heterocycles. The molecule has 1 aromatic carbocycles. The third-order valence-electron chi connectivity index (χ3n) is 4.73. The van der Waals surface area contributed by atoms with Crippen molar-refractivity contribution in [2.45, 2.75) is 33.9 Å². The molecule has 4 rings (SSSR count). The molecule has 7 nitrogen and oxygen atoms in total. The summed E-state index contributed by atoms with van der Waals surface area (Å²) in [5.74, 6) is -0.157. The third kappa shape index (κ3) is 3.26. The molecule has 1 amide bonds. The second-order valence-corrected chi connectivity index (χ2v) is 6.70. The van der Waals surface area contributed by atoms with Crippen molar-refractivity contribution in [3.63, 3.8) is 0 Å². The molecule has 0 aliphatic heterocycles. The number of fused-ring (bicyclic) bond motifs is 1. The Balaban J connectivity index is 1.64. The Bertz CT molecular complexity index is 1140. The molecule has 7 heteroatoms. The van der Waals surface area contributed by atoms with Crippen molar-refractivity contribution in [2.75, 3.05) is 5.32 Å². The first-order valence-corrected chi connectivity index (χ1v) is 9.28. The predicted octanol–water partition coefficient (Wildman–Crippen LogP) is 3.57. The zero-order valence-electron chi connectivity index (χ0n) is 16.2. The first kappa shape index (κ1) is 17.9. The summed E-state index contributed by atoms with van der Waals surface area (Å²) >= 11 is 0. The van der Waals surface area contributed by atoms with E-state index in [4.69, 9.17) is 0 Å². The van der Waals surface area contributed by atoms with Gasteiger partial charge in [0.05, 0.1) is 17.1 Å². The number of carbonyl (C=O) groups is 1. The van der Waals surface area contributed by atoms with Crippen LogP contribution in [0.2, 0.25) is 0 Å². The number of pyridine rings is 1. The van der Waals surface area contributed by atoms with E-state index in [9.17, 15) is 4.79 Å². The van der Waals surface area contributed by atoms with E-state index in [-0.39, 0.29) is 12.5 Å². The number of aryl methyl sites for hydroxylation is 3. The number of aromatic nitrogens is 5. The van der Waals surface area contributed by atoms with Gasteiger partial charge in [0.15, 0.2) is 5.65 Å². The molecule has 0 aliphatic rings. The van der Waals surface area contributed by atoms with Gasteiger partial charge in [0.2, 0.25) is 5.91 Å². The maximum absolute atomic E-state index is 12.6. The lowest BCUT2D eigenvalue weighted by molar-refractivity contribution is -0.116. The number of nitrogens with zero attached hydrogens (tertiary/aromatic N) is 5. The highest BCUT2D eigenvalue weighted by Gasteiger charge is 2.16. The van der Waals surface area contributed by atoms with Crippen molar-refractivity contribution in [3.8, 4) is 11.1 Å². The molecule has 142 valence electrons. The summed E-state index contributed by atoms with van der Waals surface area (Å²) in [4.78, 5) is 17.1. The number of amides is 1. The Kier molecular flexibility index (Phi) is 4.65. The number of carbonyl (C=O) groups excluding carboxylic acids is 1. The van der Waals surface area contributed by atoms with Gasteiger partial charge in [-0.05, 0) is 38.0 Å². The van der Waals surface area contributed by atoms with Crippen LogP contribution >= 0.6 is 0 Å². The summed E-state index contributed by atoms with van der Waals surface area (Å²) in [5, 5.41) is 12.8. The number of benzene rings is 1. The van der Waals surface area contributed by atoms with Crippen molar-refractivity contribution in [2.24, 2.45) is 0 Å². The predicted molar refractivity (Wildman–Crippen MR) is 109 cm³/mol. The first-order valence-electron chi connectivity index (χ1n) is 9.28. The molecule has 4 aromatic rings. The lowest BCUT2D eigenvalue weighted by atomic mass is 10.0. The molecular weight excluding hydrogens is 352 g/mol. The van der Waals surface area contributed by atoms with E-state index >= 15 is 0 Å². The van der Waals surface area contributed by atoms with Crippen LogP contribution in [0, 0.1) is 13.8 Å². The highest BCUT2D eigenvalue weighted by molar-refractivity contribution is 5.96. The number of nitrogens with one attached hydrogen (secondary N) is 1. The third-order valence-corrected chi connectivity index (χ3v) is 4.73. The number of anilines is 1. The Hall–Kier alpha value is -3.48.